The summed E-state index contributed by atoms with van der Waals surface area (Å²) in [5, 5.41) is 10.9. The van der Waals surface area contributed by atoms with E-state index >= 15 is 0 Å². The van der Waals surface area contributed by atoms with Gasteiger partial charge in [0.1, 0.15) is 16.9 Å². The van der Waals surface area contributed by atoms with Crippen LogP contribution in [0.25, 0.3) is 17.0 Å². The highest BCUT2D eigenvalue weighted by atomic mass is 16.3. The maximum Gasteiger partial charge on any atom is 0.246 e. The number of anilines is 1. The minimum atomic E-state index is -0.993. The Morgan fingerprint density at radius 1 is 1.32 bits per heavy atom. The number of nitrogen functional groups attached to an aromatic ring is 1. The lowest BCUT2D eigenvalue weighted by Gasteiger charge is -2.16. The number of aliphatic hydroxyl groups is 1. The first-order chi connectivity index (χ1) is 13.1. The third kappa shape index (κ3) is 4.23. The molecule has 0 saturated heterocycles. The van der Waals surface area contributed by atoms with Crippen LogP contribution in [0.5, 0.6) is 0 Å². The Labute approximate surface area is 164 Å². The second kappa shape index (κ2) is 7.48. The highest BCUT2D eigenvalue weighted by Gasteiger charge is 2.17. The Hall–Kier alpha value is -3.12. The minimum absolute atomic E-state index is 0.147. The summed E-state index contributed by atoms with van der Waals surface area (Å²) >= 11 is 0. The summed E-state index contributed by atoms with van der Waals surface area (Å²) in [6.45, 7) is 5.69. The highest BCUT2D eigenvalue weighted by molar-refractivity contribution is 5.91. The fraction of sp³-hybridized carbons (Fsp3) is 0.273. The molecular weight excluding hydrogens is 354 g/mol. The lowest BCUT2D eigenvalue weighted by Crippen LogP contribution is -2.24. The van der Waals surface area contributed by atoms with Crippen molar-refractivity contribution in [3.05, 3.63) is 65.2 Å². The van der Waals surface area contributed by atoms with E-state index in [1.54, 1.807) is 50.2 Å². The van der Waals surface area contributed by atoms with Gasteiger partial charge in [0.25, 0.3) is 0 Å². The fourth-order valence-corrected chi connectivity index (χ4v) is 2.90. The van der Waals surface area contributed by atoms with E-state index in [1.165, 1.54) is 6.08 Å². The molecule has 28 heavy (non-hydrogen) atoms. The number of hydrogen-bond acceptors (Lipinski definition) is 5. The van der Waals surface area contributed by atoms with E-state index in [-0.39, 0.29) is 5.91 Å². The summed E-state index contributed by atoms with van der Waals surface area (Å²) in [6.07, 6.45) is 4.83. The molecule has 6 heteroatoms. The molecule has 146 valence electrons. The first-order valence-corrected chi connectivity index (χ1v) is 9.05. The number of fused-ring (bicyclic) bond motifs is 1. The third-order valence-electron chi connectivity index (χ3n) is 4.65. The molecule has 0 unspecified atom stereocenters. The van der Waals surface area contributed by atoms with Gasteiger partial charge in [-0.2, -0.15) is 0 Å². The molecule has 0 fully saturated rings. The van der Waals surface area contributed by atoms with Gasteiger partial charge in [0.05, 0.1) is 12.2 Å². The standard InChI is InChI=1S/C22H25N3O3/c1-14-17-8-7-16(23)11-18(17)28-19(14)13-25(4)21(26)10-6-15-5-9-20(24-12-15)22(2,3)27/h5-12,27H,13,23H2,1-4H3/b10-6+. The summed E-state index contributed by atoms with van der Waals surface area (Å²) in [4.78, 5) is 18.3. The van der Waals surface area contributed by atoms with Crippen LogP contribution in [-0.4, -0.2) is 27.9 Å². The molecule has 0 saturated carbocycles. The zero-order chi connectivity index (χ0) is 20.5. The number of aryl methyl sites for hydroxylation is 1. The number of hydrogen-bond donors (Lipinski definition) is 2. The topological polar surface area (TPSA) is 92.6 Å². The fourth-order valence-electron chi connectivity index (χ4n) is 2.90. The molecule has 0 bridgehead atoms. The predicted molar refractivity (Wildman–Crippen MR) is 110 cm³/mol. The van der Waals surface area contributed by atoms with E-state index in [9.17, 15) is 9.90 Å². The van der Waals surface area contributed by atoms with Gasteiger partial charge in [-0.25, -0.2) is 0 Å². The number of furan rings is 1. The average molecular weight is 379 g/mol. The van der Waals surface area contributed by atoms with Gasteiger partial charge in [-0.05, 0) is 50.6 Å². The number of amides is 1. The van der Waals surface area contributed by atoms with E-state index in [0.717, 1.165) is 27.9 Å². The van der Waals surface area contributed by atoms with Crippen molar-refractivity contribution in [2.24, 2.45) is 0 Å². The Morgan fingerprint density at radius 2 is 2.07 bits per heavy atom. The molecule has 3 aromatic rings. The Kier molecular flexibility index (Phi) is 5.25. The molecule has 0 atom stereocenters. The quantitative estimate of drug-likeness (QED) is 0.522. The van der Waals surface area contributed by atoms with Crippen molar-refractivity contribution in [1.82, 2.24) is 9.88 Å². The largest absolute Gasteiger partial charge is 0.459 e. The van der Waals surface area contributed by atoms with Crippen LogP contribution in [0.2, 0.25) is 0 Å². The summed E-state index contributed by atoms with van der Waals surface area (Å²) in [6, 6.07) is 9.12. The van der Waals surface area contributed by atoms with Crippen LogP contribution >= 0.6 is 0 Å². The molecule has 3 N–H and O–H groups in total. The van der Waals surface area contributed by atoms with Crippen LogP contribution in [0.15, 0.2) is 47.0 Å². The van der Waals surface area contributed by atoms with Gasteiger partial charge >= 0.3 is 0 Å². The minimum Gasteiger partial charge on any atom is -0.459 e. The Bertz CT molecular complexity index is 1030. The smallest absolute Gasteiger partial charge is 0.246 e. The van der Waals surface area contributed by atoms with Gasteiger partial charge in [-0.15, -0.1) is 0 Å². The highest BCUT2D eigenvalue weighted by Crippen LogP contribution is 2.27. The molecule has 2 heterocycles. The Balaban J connectivity index is 1.69. The van der Waals surface area contributed by atoms with Gasteiger partial charge < -0.3 is 20.2 Å². The maximum atomic E-state index is 12.4. The van der Waals surface area contributed by atoms with Gasteiger partial charge in [-0.3, -0.25) is 9.78 Å². The van der Waals surface area contributed by atoms with Gasteiger partial charge in [-0.1, -0.05) is 6.07 Å². The molecule has 6 nitrogen and oxygen atoms in total. The monoisotopic (exact) mass is 379 g/mol. The van der Waals surface area contributed by atoms with Crippen LogP contribution in [-0.2, 0) is 16.9 Å². The lowest BCUT2D eigenvalue weighted by atomic mass is 10.0. The van der Waals surface area contributed by atoms with E-state index in [4.69, 9.17) is 10.2 Å². The third-order valence-corrected chi connectivity index (χ3v) is 4.65. The molecule has 1 aromatic carbocycles. The lowest BCUT2D eigenvalue weighted by molar-refractivity contribution is -0.125. The first kappa shape index (κ1) is 19.6. The maximum absolute atomic E-state index is 12.4. The number of likely N-dealkylation sites (N-methyl/N-ethyl adjacent to an activating group) is 1. The molecule has 0 radical (unpaired) electrons. The molecule has 0 aliphatic heterocycles. The van der Waals surface area contributed by atoms with Crippen molar-refractivity contribution < 1.29 is 14.3 Å². The number of carbonyl (C=O) groups is 1. The van der Waals surface area contributed by atoms with E-state index < -0.39 is 5.60 Å². The van der Waals surface area contributed by atoms with Crippen LogP contribution in [0, 0.1) is 6.92 Å². The molecule has 3 rings (SSSR count). The van der Waals surface area contributed by atoms with Gasteiger partial charge in [0.2, 0.25) is 5.91 Å². The van der Waals surface area contributed by atoms with Crippen molar-refractivity contribution in [2.45, 2.75) is 32.9 Å². The molecular formula is C22H25N3O3. The zero-order valence-electron chi connectivity index (χ0n) is 16.6. The summed E-state index contributed by atoms with van der Waals surface area (Å²) in [5.41, 5.74) is 8.55. The van der Waals surface area contributed by atoms with E-state index in [2.05, 4.69) is 4.98 Å². The van der Waals surface area contributed by atoms with Crippen molar-refractivity contribution >= 4 is 28.6 Å². The van der Waals surface area contributed by atoms with Crippen LogP contribution in [0.3, 0.4) is 0 Å². The predicted octanol–water partition coefficient (Wildman–Crippen LogP) is 3.62. The average Bonchev–Trinajstić information content (AvgIpc) is 2.94. The number of pyridine rings is 1. The summed E-state index contributed by atoms with van der Waals surface area (Å²) in [5.74, 6) is 0.590. The van der Waals surface area contributed by atoms with Crippen LogP contribution in [0.1, 0.15) is 36.4 Å². The SMILES string of the molecule is Cc1c(CN(C)C(=O)/C=C/c2ccc(C(C)(C)O)nc2)oc2cc(N)ccc12. The molecule has 0 spiro atoms. The van der Waals surface area contributed by atoms with Crippen molar-refractivity contribution in [2.75, 3.05) is 12.8 Å². The normalized spacial score (nSPS) is 12.0. The van der Waals surface area contributed by atoms with E-state index in [1.807, 2.05) is 25.1 Å². The van der Waals surface area contributed by atoms with E-state index in [0.29, 0.717) is 17.9 Å². The van der Waals surface area contributed by atoms with Crippen LogP contribution < -0.4 is 5.73 Å². The van der Waals surface area contributed by atoms with Crippen LogP contribution in [0.4, 0.5) is 5.69 Å². The number of carbonyl (C=O) groups excluding carboxylic acids is 1. The second-order valence-electron chi connectivity index (χ2n) is 7.47. The van der Waals surface area contributed by atoms with Gasteiger partial charge in [0.15, 0.2) is 0 Å². The number of nitrogens with zero attached hydrogens (tertiary/aromatic N) is 2. The second-order valence-corrected chi connectivity index (χ2v) is 7.47. The summed E-state index contributed by atoms with van der Waals surface area (Å²) in [7, 11) is 1.73. The summed E-state index contributed by atoms with van der Waals surface area (Å²) < 4.78 is 5.88. The Morgan fingerprint density at radius 3 is 2.71 bits per heavy atom. The first-order valence-electron chi connectivity index (χ1n) is 9.05. The number of aromatic nitrogens is 1. The number of nitrogens with two attached hydrogens (primary N) is 1. The van der Waals surface area contributed by atoms with Gasteiger partial charge in [0, 0.05) is 42.0 Å². The molecule has 0 aliphatic carbocycles. The zero-order valence-corrected chi connectivity index (χ0v) is 16.6. The van der Waals surface area contributed by atoms with Crippen molar-refractivity contribution in [3.8, 4) is 0 Å². The van der Waals surface area contributed by atoms with Crippen molar-refractivity contribution in [3.63, 3.8) is 0 Å². The molecule has 2 aromatic heterocycles. The number of benzene rings is 1. The molecule has 1 amide bonds. The van der Waals surface area contributed by atoms with Crippen molar-refractivity contribution in [1.29, 1.82) is 0 Å². The molecule has 0 aliphatic rings. The number of rotatable bonds is 5.